The molecule has 0 aromatic heterocycles. The third kappa shape index (κ3) is 5.85. The van der Waals surface area contributed by atoms with Gasteiger partial charge in [0, 0.05) is 18.0 Å². The van der Waals surface area contributed by atoms with E-state index < -0.39 is 12.0 Å². The van der Waals surface area contributed by atoms with Crippen LogP contribution in [0.25, 0.3) is 0 Å². The average Bonchev–Trinajstić information content (AvgIpc) is 2.36. The van der Waals surface area contributed by atoms with Crippen LogP contribution in [0, 0.1) is 0 Å². The zero-order valence-electron chi connectivity index (χ0n) is 10.6. The van der Waals surface area contributed by atoms with Gasteiger partial charge in [0.2, 0.25) is 5.91 Å². The summed E-state index contributed by atoms with van der Waals surface area (Å²) in [5.74, 6) is -1.18. The predicted molar refractivity (Wildman–Crippen MR) is 73.8 cm³/mol. The zero-order valence-corrected chi connectivity index (χ0v) is 12.1. The van der Waals surface area contributed by atoms with Gasteiger partial charge in [-0.15, -0.1) is 0 Å². The van der Waals surface area contributed by atoms with Crippen molar-refractivity contribution >= 4 is 27.8 Å². The van der Waals surface area contributed by atoms with Crippen LogP contribution in [0.4, 0.5) is 0 Å². The molecule has 0 aliphatic carbocycles. The number of carboxylic acid groups (broad SMARTS) is 1. The Morgan fingerprint density at radius 2 is 2.00 bits per heavy atom. The highest BCUT2D eigenvalue weighted by atomic mass is 79.9. The van der Waals surface area contributed by atoms with Crippen molar-refractivity contribution in [3.63, 3.8) is 0 Å². The van der Waals surface area contributed by atoms with Gasteiger partial charge in [-0.3, -0.25) is 9.59 Å². The van der Waals surface area contributed by atoms with E-state index in [9.17, 15) is 9.59 Å². The first-order valence-electron chi connectivity index (χ1n) is 5.78. The summed E-state index contributed by atoms with van der Waals surface area (Å²) >= 11 is 3.31. The molecular weight excluding hydrogens is 314 g/mol. The molecule has 2 N–H and O–H groups in total. The van der Waals surface area contributed by atoms with Crippen LogP contribution in [-0.2, 0) is 14.3 Å². The number of hydrogen-bond donors (Lipinski definition) is 2. The van der Waals surface area contributed by atoms with Crippen LogP contribution in [0.1, 0.15) is 24.4 Å². The Bertz CT molecular complexity index is 433. The van der Waals surface area contributed by atoms with Gasteiger partial charge in [-0.25, -0.2) is 0 Å². The third-order valence-corrected chi connectivity index (χ3v) is 3.05. The van der Waals surface area contributed by atoms with E-state index in [0.29, 0.717) is 6.61 Å². The van der Waals surface area contributed by atoms with Crippen LogP contribution in [0.5, 0.6) is 0 Å². The van der Waals surface area contributed by atoms with E-state index in [1.54, 1.807) is 12.1 Å². The van der Waals surface area contributed by atoms with Crippen molar-refractivity contribution in [2.45, 2.75) is 18.9 Å². The topological polar surface area (TPSA) is 75.6 Å². The summed E-state index contributed by atoms with van der Waals surface area (Å²) in [7, 11) is 1.51. The molecule has 0 spiro atoms. The maximum absolute atomic E-state index is 11.6. The normalized spacial score (nSPS) is 11.9. The van der Waals surface area contributed by atoms with Crippen molar-refractivity contribution in [3.05, 3.63) is 34.3 Å². The summed E-state index contributed by atoms with van der Waals surface area (Å²) in [6.07, 6.45) is 0.0590. The van der Waals surface area contributed by atoms with Gasteiger partial charge in [0.25, 0.3) is 0 Å². The number of amides is 1. The smallest absolute Gasteiger partial charge is 0.305 e. The van der Waals surface area contributed by atoms with E-state index in [1.165, 1.54) is 7.11 Å². The molecule has 6 heteroatoms. The summed E-state index contributed by atoms with van der Waals surface area (Å²) in [6.45, 7) is 0.311. The average molecular weight is 330 g/mol. The second-order valence-electron chi connectivity index (χ2n) is 4.01. The molecule has 0 aliphatic heterocycles. The number of nitrogens with one attached hydrogen (secondary N) is 1. The highest BCUT2D eigenvalue weighted by Gasteiger charge is 2.17. The van der Waals surface area contributed by atoms with Crippen LogP contribution in [-0.4, -0.2) is 30.7 Å². The molecule has 0 fully saturated rings. The second kappa shape index (κ2) is 7.91. The summed E-state index contributed by atoms with van der Waals surface area (Å²) in [6, 6.07) is 6.66. The van der Waals surface area contributed by atoms with Gasteiger partial charge in [0.05, 0.1) is 19.1 Å². The Morgan fingerprint density at radius 3 is 2.53 bits per heavy atom. The lowest BCUT2D eigenvalue weighted by atomic mass is 10.0. The number of rotatable bonds is 7. The number of hydrogen-bond acceptors (Lipinski definition) is 3. The molecule has 0 saturated heterocycles. The van der Waals surface area contributed by atoms with Crippen LogP contribution in [0.15, 0.2) is 28.7 Å². The van der Waals surface area contributed by atoms with Gasteiger partial charge in [-0.2, -0.15) is 0 Å². The SMILES string of the molecule is COCCC(=O)N[C@H](CC(=O)O)c1ccc(Br)cc1. The number of benzene rings is 1. The first-order chi connectivity index (χ1) is 9.02. The maximum Gasteiger partial charge on any atom is 0.305 e. The second-order valence-corrected chi connectivity index (χ2v) is 4.93. The fourth-order valence-corrected chi connectivity index (χ4v) is 1.85. The van der Waals surface area contributed by atoms with Gasteiger partial charge in [0.1, 0.15) is 0 Å². The Kier molecular flexibility index (Phi) is 6.52. The number of aliphatic carboxylic acids is 1. The molecule has 0 aliphatic rings. The maximum atomic E-state index is 11.6. The molecule has 0 heterocycles. The Hall–Kier alpha value is -1.40. The molecule has 0 unspecified atom stereocenters. The molecule has 0 saturated carbocycles. The van der Waals surface area contributed by atoms with Crippen molar-refractivity contribution < 1.29 is 19.4 Å². The van der Waals surface area contributed by atoms with E-state index in [4.69, 9.17) is 9.84 Å². The number of carbonyl (C=O) groups is 2. The number of carbonyl (C=O) groups excluding carboxylic acids is 1. The molecule has 0 bridgehead atoms. The highest BCUT2D eigenvalue weighted by molar-refractivity contribution is 9.10. The zero-order chi connectivity index (χ0) is 14.3. The van der Waals surface area contributed by atoms with E-state index >= 15 is 0 Å². The van der Waals surface area contributed by atoms with Crippen LogP contribution in [0.2, 0.25) is 0 Å². The van der Waals surface area contributed by atoms with E-state index in [0.717, 1.165) is 10.0 Å². The van der Waals surface area contributed by atoms with Crippen molar-refractivity contribution in [2.75, 3.05) is 13.7 Å². The highest BCUT2D eigenvalue weighted by Crippen LogP contribution is 2.19. The lowest BCUT2D eigenvalue weighted by Gasteiger charge is -2.17. The van der Waals surface area contributed by atoms with E-state index in [-0.39, 0.29) is 18.7 Å². The van der Waals surface area contributed by atoms with Gasteiger partial charge < -0.3 is 15.2 Å². The van der Waals surface area contributed by atoms with E-state index in [1.807, 2.05) is 12.1 Å². The first-order valence-corrected chi connectivity index (χ1v) is 6.57. The van der Waals surface area contributed by atoms with Crippen molar-refractivity contribution in [3.8, 4) is 0 Å². The molecular formula is C13H16BrNO4. The van der Waals surface area contributed by atoms with Gasteiger partial charge >= 0.3 is 5.97 Å². The standard InChI is InChI=1S/C13H16BrNO4/c1-19-7-6-12(16)15-11(8-13(17)18)9-2-4-10(14)5-3-9/h2-5,11H,6-8H2,1H3,(H,15,16)(H,17,18)/t11-/m1/s1. The monoisotopic (exact) mass is 329 g/mol. The minimum Gasteiger partial charge on any atom is -0.481 e. The molecule has 0 radical (unpaired) electrons. The van der Waals surface area contributed by atoms with Crippen molar-refractivity contribution in [1.82, 2.24) is 5.32 Å². The van der Waals surface area contributed by atoms with Gasteiger partial charge in [-0.1, -0.05) is 28.1 Å². The number of carboxylic acids is 1. The first kappa shape index (κ1) is 15.7. The number of methoxy groups -OCH3 is 1. The Morgan fingerprint density at radius 1 is 1.37 bits per heavy atom. The fourth-order valence-electron chi connectivity index (χ4n) is 1.58. The molecule has 5 nitrogen and oxygen atoms in total. The molecule has 104 valence electrons. The Labute approximate surface area is 120 Å². The largest absolute Gasteiger partial charge is 0.481 e. The third-order valence-electron chi connectivity index (χ3n) is 2.52. The van der Waals surface area contributed by atoms with Crippen LogP contribution < -0.4 is 5.32 Å². The minimum atomic E-state index is -0.958. The van der Waals surface area contributed by atoms with Gasteiger partial charge in [-0.05, 0) is 17.7 Å². The lowest BCUT2D eigenvalue weighted by Crippen LogP contribution is -2.30. The number of ether oxygens (including phenoxy) is 1. The van der Waals surface area contributed by atoms with Crippen molar-refractivity contribution in [1.29, 1.82) is 0 Å². The summed E-state index contributed by atoms with van der Waals surface area (Å²) in [5.41, 5.74) is 0.761. The minimum absolute atomic E-state index is 0.152. The fraction of sp³-hybridized carbons (Fsp3) is 0.385. The molecule has 1 atom stereocenters. The summed E-state index contributed by atoms with van der Waals surface area (Å²) in [4.78, 5) is 22.5. The molecule has 1 aromatic carbocycles. The van der Waals surface area contributed by atoms with Crippen LogP contribution in [0.3, 0.4) is 0 Å². The number of halogens is 1. The molecule has 1 amide bonds. The summed E-state index contributed by atoms with van der Waals surface area (Å²) < 4.78 is 5.71. The quantitative estimate of drug-likeness (QED) is 0.803. The van der Waals surface area contributed by atoms with Crippen molar-refractivity contribution in [2.24, 2.45) is 0 Å². The molecule has 1 aromatic rings. The predicted octanol–water partition coefficient (Wildman–Crippen LogP) is 2.12. The molecule has 1 rings (SSSR count). The van der Waals surface area contributed by atoms with Crippen LogP contribution >= 0.6 is 15.9 Å². The Balaban J connectivity index is 2.74. The molecule has 19 heavy (non-hydrogen) atoms. The summed E-state index contributed by atoms with van der Waals surface area (Å²) in [5, 5.41) is 11.6. The van der Waals surface area contributed by atoms with Gasteiger partial charge in [0.15, 0.2) is 0 Å². The lowest BCUT2D eigenvalue weighted by molar-refractivity contribution is -0.137. The van der Waals surface area contributed by atoms with E-state index in [2.05, 4.69) is 21.2 Å².